The first kappa shape index (κ1) is 18.3. The SMILES string of the molecule is CN(CCOC1=CC=C(C[C@H]2SC(=O)NC2=O)CC=C1)c1ccccn1. The van der Waals surface area contributed by atoms with Crippen molar-refractivity contribution >= 4 is 28.7 Å². The number of carbonyl (C=O) groups excluding carboxylic acids is 2. The number of thioether (sulfide) groups is 1. The lowest BCUT2D eigenvalue weighted by Crippen LogP contribution is -2.24. The molecule has 7 heteroatoms. The summed E-state index contributed by atoms with van der Waals surface area (Å²) in [4.78, 5) is 29.3. The van der Waals surface area contributed by atoms with E-state index < -0.39 is 0 Å². The van der Waals surface area contributed by atoms with Gasteiger partial charge in [-0.15, -0.1) is 0 Å². The van der Waals surface area contributed by atoms with Gasteiger partial charge in [-0.3, -0.25) is 14.9 Å². The predicted molar refractivity (Wildman–Crippen MR) is 103 cm³/mol. The Kier molecular flexibility index (Phi) is 6.12. The molecule has 1 N–H and O–H groups in total. The quantitative estimate of drug-likeness (QED) is 0.794. The minimum atomic E-state index is -0.329. The van der Waals surface area contributed by atoms with Crippen molar-refractivity contribution in [2.45, 2.75) is 18.1 Å². The third kappa shape index (κ3) is 4.98. The monoisotopic (exact) mass is 371 g/mol. The first-order valence-electron chi connectivity index (χ1n) is 8.44. The van der Waals surface area contributed by atoms with Crippen LogP contribution in [-0.2, 0) is 9.53 Å². The maximum absolute atomic E-state index is 11.7. The van der Waals surface area contributed by atoms with Gasteiger partial charge in [-0.2, -0.15) is 0 Å². The van der Waals surface area contributed by atoms with Crippen molar-refractivity contribution in [1.29, 1.82) is 0 Å². The third-order valence-corrected chi connectivity index (χ3v) is 5.08. The van der Waals surface area contributed by atoms with Crippen LogP contribution in [0.4, 0.5) is 10.6 Å². The molecular formula is C19H21N3O3S. The second-order valence-electron chi connectivity index (χ2n) is 6.05. The van der Waals surface area contributed by atoms with E-state index in [0.29, 0.717) is 13.0 Å². The van der Waals surface area contributed by atoms with Crippen molar-refractivity contribution in [2.75, 3.05) is 25.1 Å². The number of pyridine rings is 1. The first-order valence-corrected chi connectivity index (χ1v) is 9.32. The number of rotatable bonds is 7. The van der Waals surface area contributed by atoms with Crippen LogP contribution in [-0.4, -0.2) is 41.6 Å². The molecule has 0 radical (unpaired) electrons. The molecule has 136 valence electrons. The highest BCUT2D eigenvalue weighted by molar-refractivity contribution is 8.15. The van der Waals surface area contributed by atoms with Gasteiger partial charge in [0.15, 0.2) is 0 Å². The molecule has 1 atom stereocenters. The van der Waals surface area contributed by atoms with Gasteiger partial charge in [0.1, 0.15) is 18.2 Å². The van der Waals surface area contributed by atoms with Crippen LogP contribution in [0.3, 0.4) is 0 Å². The van der Waals surface area contributed by atoms with Gasteiger partial charge in [0.2, 0.25) is 5.91 Å². The van der Waals surface area contributed by atoms with Crippen LogP contribution in [0.15, 0.2) is 60.0 Å². The van der Waals surface area contributed by atoms with Gasteiger partial charge in [-0.1, -0.05) is 35.6 Å². The van der Waals surface area contributed by atoms with E-state index in [1.165, 1.54) is 0 Å². The van der Waals surface area contributed by atoms with Crippen molar-refractivity contribution in [3.63, 3.8) is 0 Å². The van der Waals surface area contributed by atoms with Gasteiger partial charge in [0.25, 0.3) is 5.24 Å². The van der Waals surface area contributed by atoms with Gasteiger partial charge in [0.05, 0.1) is 11.8 Å². The average Bonchev–Trinajstić information content (AvgIpc) is 2.82. The number of ether oxygens (including phenoxy) is 1. The number of nitrogens with zero attached hydrogens (tertiary/aromatic N) is 2. The molecular weight excluding hydrogens is 350 g/mol. The number of allylic oxidation sites excluding steroid dienone is 5. The second kappa shape index (κ2) is 8.71. The molecule has 1 aromatic heterocycles. The van der Waals surface area contributed by atoms with Crippen molar-refractivity contribution < 1.29 is 14.3 Å². The van der Waals surface area contributed by atoms with Crippen LogP contribution >= 0.6 is 11.8 Å². The summed E-state index contributed by atoms with van der Waals surface area (Å²) < 4.78 is 5.83. The zero-order chi connectivity index (χ0) is 18.4. The summed E-state index contributed by atoms with van der Waals surface area (Å²) in [5, 5.41) is 1.73. The fourth-order valence-corrected chi connectivity index (χ4v) is 3.54. The van der Waals surface area contributed by atoms with Crippen LogP contribution in [0.5, 0.6) is 0 Å². The Hall–Kier alpha value is -2.54. The minimum absolute atomic E-state index is 0.202. The van der Waals surface area contributed by atoms with E-state index in [1.54, 1.807) is 6.20 Å². The van der Waals surface area contributed by atoms with Crippen LogP contribution in [0.2, 0.25) is 0 Å². The molecule has 0 unspecified atom stereocenters. The highest BCUT2D eigenvalue weighted by atomic mass is 32.2. The molecule has 26 heavy (non-hydrogen) atoms. The maximum Gasteiger partial charge on any atom is 0.286 e. The molecule has 0 aromatic carbocycles. The van der Waals surface area contributed by atoms with E-state index >= 15 is 0 Å². The number of anilines is 1. The van der Waals surface area contributed by atoms with Gasteiger partial charge in [-0.25, -0.2) is 4.98 Å². The summed E-state index contributed by atoms with van der Waals surface area (Å²) in [6.07, 6.45) is 10.9. The van der Waals surface area contributed by atoms with E-state index in [1.807, 2.05) is 54.5 Å². The van der Waals surface area contributed by atoms with E-state index in [0.717, 1.165) is 41.9 Å². The molecule has 0 spiro atoms. The molecule has 0 saturated carbocycles. The zero-order valence-corrected chi connectivity index (χ0v) is 15.4. The topological polar surface area (TPSA) is 71.5 Å². The third-order valence-electron chi connectivity index (χ3n) is 4.10. The Morgan fingerprint density at radius 1 is 1.35 bits per heavy atom. The molecule has 2 aliphatic rings. The molecule has 3 rings (SSSR count). The van der Waals surface area contributed by atoms with E-state index in [9.17, 15) is 9.59 Å². The highest BCUT2D eigenvalue weighted by Crippen LogP contribution is 2.27. The number of nitrogens with one attached hydrogen (secondary N) is 1. The summed E-state index contributed by atoms with van der Waals surface area (Å²) >= 11 is 1.06. The number of amides is 2. The van der Waals surface area contributed by atoms with Gasteiger partial charge in [-0.05, 0) is 37.1 Å². The standard InChI is InChI=1S/C19H21N3O3S/c1-22(17-7-2-3-10-20-17)11-12-25-15-6-4-5-14(8-9-15)13-16-18(23)21-19(24)26-16/h2-4,6-10,16H,5,11-13H2,1H3,(H,21,23,24)/t16-/m1/s1. The molecule has 2 amide bonds. The van der Waals surface area contributed by atoms with Gasteiger partial charge < -0.3 is 9.64 Å². The first-order chi connectivity index (χ1) is 12.6. The Morgan fingerprint density at radius 2 is 2.23 bits per heavy atom. The van der Waals surface area contributed by atoms with Gasteiger partial charge in [0, 0.05) is 13.2 Å². The number of imide groups is 1. The molecule has 1 aliphatic heterocycles. The summed E-state index contributed by atoms with van der Waals surface area (Å²) in [5.74, 6) is 1.49. The molecule has 1 fully saturated rings. The van der Waals surface area contributed by atoms with E-state index in [-0.39, 0.29) is 16.4 Å². The van der Waals surface area contributed by atoms with E-state index in [4.69, 9.17) is 4.74 Å². The van der Waals surface area contributed by atoms with Crippen LogP contribution < -0.4 is 10.2 Å². The van der Waals surface area contributed by atoms with E-state index in [2.05, 4.69) is 10.3 Å². The highest BCUT2D eigenvalue weighted by Gasteiger charge is 2.31. The summed E-state index contributed by atoms with van der Waals surface area (Å²) in [6, 6.07) is 5.81. The van der Waals surface area contributed by atoms with Crippen molar-refractivity contribution in [2.24, 2.45) is 0 Å². The number of likely N-dealkylation sites (N-methyl/N-ethyl adjacent to an activating group) is 1. The normalized spacial score (nSPS) is 19.5. The lowest BCUT2D eigenvalue weighted by atomic mass is 10.1. The van der Waals surface area contributed by atoms with Crippen molar-refractivity contribution in [3.05, 3.63) is 60.0 Å². The number of hydrogen-bond acceptors (Lipinski definition) is 6. The number of carbonyl (C=O) groups is 2. The smallest absolute Gasteiger partial charge is 0.286 e. The molecule has 1 aliphatic carbocycles. The fourth-order valence-electron chi connectivity index (χ4n) is 2.66. The maximum atomic E-state index is 11.7. The molecule has 0 bridgehead atoms. The molecule has 1 saturated heterocycles. The number of hydrogen-bond donors (Lipinski definition) is 1. The molecule has 6 nitrogen and oxygen atoms in total. The van der Waals surface area contributed by atoms with Gasteiger partial charge >= 0.3 is 0 Å². The minimum Gasteiger partial charge on any atom is -0.492 e. The van der Waals surface area contributed by atoms with Crippen molar-refractivity contribution in [1.82, 2.24) is 10.3 Å². The van der Waals surface area contributed by atoms with Crippen LogP contribution in [0.1, 0.15) is 12.8 Å². The summed E-state index contributed by atoms with van der Waals surface area (Å²) in [7, 11) is 1.98. The summed E-state index contributed by atoms with van der Waals surface area (Å²) in [5.41, 5.74) is 1.10. The fraction of sp³-hybridized carbons (Fsp3) is 0.316. The van der Waals surface area contributed by atoms with Crippen molar-refractivity contribution in [3.8, 4) is 0 Å². The Morgan fingerprint density at radius 3 is 2.96 bits per heavy atom. The lowest BCUT2D eigenvalue weighted by molar-refractivity contribution is -0.118. The molecule has 2 heterocycles. The largest absolute Gasteiger partial charge is 0.492 e. The van der Waals surface area contributed by atoms with Crippen LogP contribution in [0, 0.1) is 0 Å². The number of aromatic nitrogens is 1. The second-order valence-corrected chi connectivity index (χ2v) is 7.22. The Balaban J connectivity index is 1.49. The molecule has 1 aromatic rings. The Labute approximate surface area is 157 Å². The summed E-state index contributed by atoms with van der Waals surface area (Å²) in [6.45, 7) is 1.27. The lowest BCUT2D eigenvalue weighted by Gasteiger charge is -2.18. The predicted octanol–water partition coefficient (Wildman–Crippen LogP) is 3.05. The Bertz CT molecular complexity index is 759. The van der Waals surface area contributed by atoms with Crippen LogP contribution in [0.25, 0.3) is 0 Å². The average molecular weight is 371 g/mol. The zero-order valence-electron chi connectivity index (χ0n) is 14.6.